The van der Waals surface area contributed by atoms with E-state index >= 15 is 0 Å². The molecular formula is C14H25NO2. The zero-order valence-corrected chi connectivity index (χ0v) is 11.7. The minimum absolute atomic E-state index is 0.337. The molecule has 0 aromatic rings. The van der Waals surface area contributed by atoms with E-state index in [0.29, 0.717) is 0 Å². The molecule has 3 heteroatoms. The number of carbonyl (C=O) groups excluding carboxylic acids is 1. The van der Waals surface area contributed by atoms with Crippen molar-refractivity contribution in [1.29, 1.82) is 0 Å². The maximum absolute atomic E-state index is 11.6. The van der Waals surface area contributed by atoms with Gasteiger partial charge < -0.3 is 4.74 Å². The van der Waals surface area contributed by atoms with Crippen LogP contribution in [-0.4, -0.2) is 23.6 Å². The molecule has 0 saturated heterocycles. The van der Waals surface area contributed by atoms with Crippen LogP contribution in [0, 0.1) is 0 Å². The molecule has 98 valence electrons. The number of allylic oxidation sites excluding steroid dienone is 3. The number of rotatable bonds is 5. The molecule has 0 aromatic heterocycles. The molecule has 0 aliphatic rings. The number of amides is 1. The minimum Gasteiger partial charge on any atom is -0.443 e. The van der Waals surface area contributed by atoms with Gasteiger partial charge in [-0.1, -0.05) is 31.9 Å². The van der Waals surface area contributed by atoms with E-state index in [1.807, 2.05) is 32.9 Å². The van der Waals surface area contributed by atoms with Crippen molar-refractivity contribution in [2.75, 3.05) is 7.05 Å². The topological polar surface area (TPSA) is 29.5 Å². The lowest BCUT2D eigenvalue weighted by molar-refractivity contribution is 0.0372. The first kappa shape index (κ1) is 15.8. The highest BCUT2D eigenvalue weighted by molar-refractivity contribution is 5.68. The fourth-order valence-corrected chi connectivity index (χ4v) is 1.07. The van der Waals surface area contributed by atoms with Crippen LogP contribution in [0.3, 0.4) is 0 Å². The molecule has 0 saturated carbocycles. The second kappa shape index (κ2) is 7.93. The van der Waals surface area contributed by atoms with E-state index in [0.717, 1.165) is 6.42 Å². The summed E-state index contributed by atoms with van der Waals surface area (Å²) in [5.41, 5.74) is -0.448. The SMILES string of the molecule is CCCC/C=C/C=C/N(C)C(=O)OC(C)(C)C. The van der Waals surface area contributed by atoms with E-state index in [9.17, 15) is 4.79 Å². The summed E-state index contributed by atoms with van der Waals surface area (Å²) in [5.74, 6) is 0. The first-order valence-electron chi connectivity index (χ1n) is 6.16. The molecule has 0 heterocycles. The van der Waals surface area contributed by atoms with Crippen LogP contribution in [0.1, 0.15) is 47.0 Å². The second-order valence-corrected chi connectivity index (χ2v) is 5.00. The summed E-state index contributed by atoms with van der Waals surface area (Å²) >= 11 is 0. The first-order valence-corrected chi connectivity index (χ1v) is 6.16. The number of hydrogen-bond acceptors (Lipinski definition) is 2. The van der Waals surface area contributed by atoms with Gasteiger partial charge in [0.1, 0.15) is 5.60 Å². The van der Waals surface area contributed by atoms with Crippen molar-refractivity contribution < 1.29 is 9.53 Å². The van der Waals surface area contributed by atoms with Crippen molar-refractivity contribution in [3.63, 3.8) is 0 Å². The molecule has 0 aromatic carbocycles. The Morgan fingerprint density at radius 1 is 1.29 bits per heavy atom. The molecule has 0 spiro atoms. The molecule has 0 bridgehead atoms. The lowest BCUT2D eigenvalue weighted by atomic mass is 10.2. The third kappa shape index (κ3) is 9.67. The Labute approximate surface area is 105 Å². The Morgan fingerprint density at radius 2 is 1.94 bits per heavy atom. The minimum atomic E-state index is -0.448. The molecule has 3 nitrogen and oxygen atoms in total. The van der Waals surface area contributed by atoms with Gasteiger partial charge in [-0.3, -0.25) is 4.90 Å². The van der Waals surface area contributed by atoms with Gasteiger partial charge >= 0.3 is 6.09 Å². The molecule has 0 atom stereocenters. The van der Waals surface area contributed by atoms with Crippen molar-refractivity contribution in [1.82, 2.24) is 4.90 Å². The normalized spacial score (nSPS) is 12.3. The highest BCUT2D eigenvalue weighted by atomic mass is 16.6. The Hall–Kier alpha value is -1.25. The van der Waals surface area contributed by atoms with E-state index < -0.39 is 5.60 Å². The summed E-state index contributed by atoms with van der Waals surface area (Å²) in [4.78, 5) is 13.0. The average Bonchev–Trinajstić information content (AvgIpc) is 2.20. The maximum Gasteiger partial charge on any atom is 0.414 e. The molecule has 0 radical (unpaired) electrons. The van der Waals surface area contributed by atoms with Gasteiger partial charge in [0.2, 0.25) is 0 Å². The van der Waals surface area contributed by atoms with Crippen LogP contribution in [0.25, 0.3) is 0 Å². The number of unbranched alkanes of at least 4 members (excludes halogenated alkanes) is 2. The Balaban J connectivity index is 3.99. The smallest absolute Gasteiger partial charge is 0.414 e. The van der Waals surface area contributed by atoms with E-state index in [2.05, 4.69) is 13.0 Å². The summed E-state index contributed by atoms with van der Waals surface area (Å²) in [5, 5.41) is 0. The van der Waals surface area contributed by atoms with Crippen molar-refractivity contribution in [3.8, 4) is 0 Å². The lowest BCUT2D eigenvalue weighted by Crippen LogP contribution is -2.31. The van der Waals surface area contributed by atoms with Crippen molar-refractivity contribution >= 4 is 6.09 Å². The second-order valence-electron chi connectivity index (χ2n) is 5.00. The van der Waals surface area contributed by atoms with Crippen LogP contribution in [0.5, 0.6) is 0 Å². The molecule has 0 rings (SSSR count). The lowest BCUT2D eigenvalue weighted by Gasteiger charge is -2.22. The van der Waals surface area contributed by atoms with Crippen molar-refractivity contribution in [3.05, 3.63) is 24.4 Å². The summed E-state index contributed by atoms with van der Waals surface area (Å²) < 4.78 is 5.21. The molecule has 1 amide bonds. The van der Waals surface area contributed by atoms with Gasteiger partial charge in [-0.2, -0.15) is 0 Å². The highest BCUT2D eigenvalue weighted by Crippen LogP contribution is 2.09. The molecule has 17 heavy (non-hydrogen) atoms. The first-order chi connectivity index (χ1) is 7.87. The van der Waals surface area contributed by atoms with Crippen LogP contribution in [-0.2, 0) is 4.74 Å². The quantitative estimate of drug-likeness (QED) is 0.533. The fourth-order valence-electron chi connectivity index (χ4n) is 1.07. The summed E-state index contributed by atoms with van der Waals surface area (Å²) in [7, 11) is 1.68. The third-order valence-electron chi connectivity index (χ3n) is 1.96. The van der Waals surface area contributed by atoms with E-state index in [1.165, 1.54) is 17.7 Å². The fraction of sp³-hybridized carbons (Fsp3) is 0.643. The Morgan fingerprint density at radius 3 is 2.47 bits per heavy atom. The molecule has 0 aliphatic heterocycles. The van der Waals surface area contributed by atoms with Crippen molar-refractivity contribution in [2.24, 2.45) is 0 Å². The largest absolute Gasteiger partial charge is 0.443 e. The third-order valence-corrected chi connectivity index (χ3v) is 1.96. The summed E-state index contributed by atoms with van der Waals surface area (Å²) in [6.07, 6.45) is 10.8. The highest BCUT2D eigenvalue weighted by Gasteiger charge is 2.17. The predicted molar refractivity (Wildman–Crippen MR) is 71.8 cm³/mol. The van der Waals surface area contributed by atoms with Gasteiger partial charge in [-0.25, -0.2) is 4.79 Å². The van der Waals surface area contributed by atoms with Crippen LogP contribution in [0.15, 0.2) is 24.4 Å². The number of hydrogen-bond donors (Lipinski definition) is 0. The van der Waals surface area contributed by atoms with E-state index in [4.69, 9.17) is 4.74 Å². The Kier molecular flexibility index (Phi) is 7.35. The van der Waals surface area contributed by atoms with Gasteiger partial charge in [-0.15, -0.1) is 0 Å². The van der Waals surface area contributed by atoms with Gasteiger partial charge in [-0.05, 0) is 33.3 Å². The monoisotopic (exact) mass is 239 g/mol. The number of ether oxygens (including phenoxy) is 1. The molecule has 0 fully saturated rings. The predicted octanol–water partition coefficient (Wildman–Crippen LogP) is 4.11. The van der Waals surface area contributed by atoms with Crippen LogP contribution in [0.4, 0.5) is 4.79 Å². The number of carbonyl (C=O) groups is 1. The summed E-state index contributed by atoms with van der Waals surface area (Å²) in [6.45, 7) is 7.73. The van der Waals surface area contributed by atoms with Gasteiger partial charge in [0.15, 0.2) is 0 Å². The molecule has 0 unspecified atom stereocenters. The summed E-state index contributed by atoms with van der Waals surface area (Å²) in [6, 6.07) is 0. The van der Waals surface area contributed by atoms with E-state index in [-0.39, 0.29) is 6.09 Å². The van der Waals surface area contributed by atoms with Crippen molar-refractivity contribution in [2.45, 2.75) is 52.6 Å². The zero-order valence-electron chi connectivity index (χ0n) is 11.7. The van der Waals surface area contributed by atoms with Crippen LogP contribution >= 0.6 is 0 Å². The van der Waals surface area contributed by atoms with Gasteiger partial charge in [0, 0.05) is 13.2 Å². The molecule has 0 aliphatic carbocycles. The van der Waals surface area contributed by atoms with E-state index in [1.54, 1.807) is 13.2 Å². The van der Waals surface area contributed by atoms with Gasteiger partial charge in [0.25, 0.3) is 0 Å². The van der Waals surface area contributed by atoms with Crippen LogP contribution in [0.2, 0.25) is 0 Å². The number of nitrogens with zero attached hydrogens (tertiary/aromatic N) is 1. The maximum atomic E-state index is 11.6. The van der Waals surface area contributed by atoms with Gasteiger partial charge in [0.05, 0.1) is 0 Å². The average molecular weight is 239 g/mol. The zero-order chi connectivity index (χ0) is 13.3. The molecule has 0 N–H and O–H groups in total. The Bertz CT molecular complexity index is 274. The standard InChI is InChI=1S/C14H25NO2/c1-6-7-8-9-10-11-12-15(5)13(16)17-14(2,3)4/h9-12H,6-8H2,1-5H3/b10-9+,12-11+. The van der Waals surface area contributed by atoms with Crippen LogP contribution < -0.4 is 0 Å². The molecular weight excluding hydrogens is 214 g/mol.